The van der Waals surface area contributed by atoms with Crippen molar-refractivity contribution >= 4 is 40.7 Å². The molecular formula is C30H24ClFN2O5S. The zero-order chi connectivity index (χ0) is 28.4. The molecule has 1 atom stereocenters. The lowest BCUT2D eigenvalue weighted by Crippen LogP contribution is -2.40. The number of hydrogen-bond acceptors (Lipinski definition) is 7. The van der Waals surface area contributed by atoms with Crippen LogP contribution in [0.25, 0.3) is 11.8 Å². The molecule has 0 saturated carbocycles. The number of fused-ring (bicyclic) bond motifs is 1. The summed E-state index contributed by atoms with van der Waals surface area (Å²) in [6, 6.07) is 17.4. The highest BCUT2D eigenvalue weighted by Gasteiger charge is 2.35. The monoisotopic (exact) mass is 578 g/mol. The lowest BCUT2D eigenvalue weighted by atomic mass is 9.93. The first-order valence-corrected chi connectivity index (χ1v) is 13.5. The van der Waals surface area contributed by atoms with Crippen molar-refractivity contribution in [1.82, 2.24) is 4.57 Å². The molecule has 0 saturated heterocycles. The van der Waals surface area contributed by atoms with Crippen LogP contribution in [0, 0.1) is 5.82 Å². The third kappa shape index (κ3) is 5.05. The lowest BCUT2D eigenvalue weighted by Gasteiger charge is -2.25. The van der Waals surface area contributed by atoms with Gasteiger partial charge < -0.3 is 14.2 Å². The molecule has 2 heterocycles. The maximum Gasteiger partial charge on any atom is 0.338 e. The zero-order valence-electron chi connectivity index (χ0n) is 21.8. The summed E-state index contributed by atoms with van der Waals surface area (Å²) in [6.07, 6.45) is 1.68. The fourth-order valence-corrected chi connectivity index (χ4v) is 5.87. The van der Waals surface area contributed by atoms with Gasteiger partial charge in [0, 0.05) is 5.56 Å². The van der Waals surface area contributed by atoms with Crippen LogP contribution < -0.4 is 24.4 Å². The number of rotatable bonds is 7. The minimum atomic E-state index is -0.901. The molecule has 40 heavy (non-hydrogen) atoms. The molecular weight excluding hydrogens is 555 g/mol. The molecule has 0 aliphatic carbocycles. The number of esters is 1. The van der Waals surface area contributed by atoms with E-state index in [9.17, 15) is 14.0 Å². The van der Waals surface area contributed by atoms with Crippen LogP contribution in [-0.4, -0.2) is 31.4 Å². The summed E-state index contributed by atoms with van der Waals surface area (Å²) < 4.78 is 31.9. The Balaban J connectivity index is 1.81. The molecule has 0 spiro atoms. The smallest absolute Gasteiger partial charge is 0.338 e. The first-order chi connectivity index (χ1) is 19.4. The van der Waals surface area contributed by atoms with Crippen LogP contribution >= 0.6 is 22.9 Å². The van der Waals surface area contributed by atoms with E-state index in [1.165, 1.54) is 42.3 Å². The predicted molar refractivity (Wildman–Crippen MR) is 152 cm³/mol. The van der Waals surface area contributed by atoms with Gasteiger partial charge in [-0.05, 0) is 48.4 Å². The number of carbonyl (C=O) groups is 1. The number of methoxy groups -OCH3 is 2. The Morgan fingerprint density at radius 2 is 1.82 bits per heavy atom. The minimum Gasteiger partial charge on any atom is -0.493 e. The van der Waals surface area contributed by atoms with Crippen LogP contribution in [0.3, 0.4) is 0 Å². The summed E-state index contributed by atoms with van der Waals surface area (Å²) in [6.45, 7) is 1.84. The van der Waals surface area contributed by atoms with Crippen molar-refractivity contribution in [2.24, 2.45) is 4.99 Å². The van der Waals surface area contributed by atoms with Gasteiger partial charge in [-0.25, -0.2) is 14.2 Å². The number of carbonyl (C=O) groups excluding carboxylic acids is 1. The molecule has 0 amide bonds. The summed E-state index contributed by atoms with van der Waals surface area (Å²) in [5.74, 6) is -0.258. The number of thiazole rings is 1. The summed E-state index contributed by atoms with van der Waals surface area (Å²) >= 11 is 7.56. The van der Waals surface area contributed by atoms with E-state index in [0.717, 1.165) is 0 Å². The second kappa shape index (κ2) is 11.5. The van der Waals surface area contributed by atoms with Gasteiger partial charge in [-0.15, -0.1) is 0 Å². The largest absolute Gasteiger partial charge is 0.493 e. The van der Waals surface area contributed by atoms with E-state index < -0.39 is 17.8 Å². The molecule has 7 nitrogen and oxygen atoms in total. The van der Waals surface area contributed by atoms with Crippen LogP contribution in [0.2, 0.25) is 5.02 Å². The van der Waals surface area contributed by atoms with E-state index in [1.807, 2.05) is 30.3 Å². The molecule has 0 N–H and O–H groups in total. The van der Waals surface area contributed by atoms with Crippen molar-refractivity contribution in [3.05, 3.63) is 120 Å². The first kappa shape index (κ1) is 27.4. The normalized spacial score (nSPS) is 14.9. The molecule has 1 aromatic heterocycles. The third-order valence-corrected chi connectivity index (χ3v) is 7.58. The second-order valence-electron chi connectivity index (χ2n) is 8.72. The average Bonchev–Trinajstić information content (AvgIpc) is 3.27. The first-order valence-electron chi connectivity index (χ1n) is 12.3. The summed E-state index contributed by atoms with van der Waals surface area (Å²) in [5, 5.41) is 0.320. The minimum absolute atomic E-state index is 0.130. The van der Waals surface area contributed by atoms with Gasteiger partial charge in [-0.3, -0.25) is 9.36 Å². The fourth-order valence-electron chi connectivity index (χ4n) is 4.57. The Bertz CT molecular complexity index is 1800. The standard InChI is InChI=1S/C30H24ClFN2O5S/c1-4-39-29(36)24-25(18-8-6-5-7-9-18)33-30-34(26(24)19-10-12-20(32)13-11-19)28(35)23(40-30)16-17-14-21(31)27(38-3)22(15-17)37-2/h5-16,26H,4H2,1-3H3/b23-16+. The molecule has 0 radical (unpaired) electrons. The fraction of sp³-hybridized carbons (Fsp3) is 0.167. The molecule has 204 valence electrons. The van der Waals surface area contributed by atoms with Gasteiger partial charge in [-0.2, -0.15) is 0 Å². The summed E-state index contributed by atoms with van der Waals surface area (Å²) in [4.78, 5) is 32.6. The molecule has 10 heteroatoms. The zero-order valence-corrected chi connectivity index (χ0v) is 23.4. The van der Waals surface area contributed by atoms with Gasteiger partial charge >= 0.3 is 5.97 Å². The van der Waals surface area contributed by atoms with Gasteiger partial charge in [-0.1, -0.05) is 65.4 Å². The highest BCUT2D eigenvalue weighted by molar-refractivity contribution is 7.07. The number of halogens is 2. The number of hydrogen-bond donors (Lipinski definition) is 0. The van der Waals surface area contributed by atoms with Crippen LogP contribution in [-0.2, 0) is 9.53 Å². The van der Waals surface area contributed by atoms with Gasteiger partial charge in [0.05, 0.1) is 47.7 Å². The van der Waals surface area contributed by atoms with E-state index in [2.05, 4.69) is 0 Å². The number of nitrogens with zero attached hydrogens (tertiary/aromatic N) is 2. The number of aromatic nitrogens is 1. The third-order valence-electron chi connectivity index (χ3n) is 6.31. The molecule has 0 fully saturated rings. The van der Waals surface area contributed by atoms with Crippen LogP contribution in [0.15, 0.2) is 82.1 Å². The summed E-state index contributed by atoms with van der Waals surface area (Å²) in [7, 11) is 2.99. The molecule has 4 aromatic rings. The van der Waals surface area contributed by atoms with Gasteiger partial charge in [0.1, 0.15) is 5.82 Å². The Morgan fingerprint density at radius 3 is 2.48 bits per heavy atom. The van der Waals surface area contributed by atoms with E-state index in [1.54, 1.807) is 37.3 Å². The lowest BCUT2D eigenvalue weighted by molar-refractivity contribution is -0.138. The topological polar surface area (TPSA) is 79.1 Å². The Hall–Kier alpha value is -4.21. The van der Waals surface area contributed by atoms with Crippen LogP contribution in [0.5, 0.6) is 11.5 Å². The van der Waals surface area contributed by atoms with E-state index in [0.29, 0.717) is 48.2 Å². The van der Waals surface area contributed by atoms with Crippen molar-refractivity contribution in [1.29, 1.82) is 0 Å². The van der Waals surface area contributed by atoms with Gasteiger partial charge in [0.25, 0.3) is 5.56 Å². The number of benzene rings is 3. The van der Waals surface area contributed by atoms with E-state index in [4.69, 9.17) is 30.8 Å². The van der Waals surface area contributed by atoms with Crippen LogP contribution in [0.4, 0.5) is 4.39 Å². The molecule has 3 aromatic carbocycles. The van der Waals surface area contributed by atoms with Crippen LogP contribution in [0.1, 0.15) is 29.7 Å². The van der Waals surface area contributed by atoms with E-state index in [-0.39, 0.29) is 17.7 Å². The molecule has 1 aliphatic rings. The van der Waals surface area contributed by atoms with E-state index >= 15 is 0 Å². The van der Waals surface area contributed by atoms with Crippen molar-refractivity contribution in [2.45, 2.75) is 13.0 Å². The second-order valence-corrected chi connectivity index (χ2v) is 10.1. The Kier molecular flexibility index (Phi) is 7.86. The Morgan fingerprint density at radius 1 is 1.10 bits per heavy atom. The maximum absolute atomic E-state index is 13.9. The highest BCUT2D eigenvalue weighted by Crippen LogP contribution is 2.37. The van der Waals surface area contributed by atoms with Gasteiger partial charge in [0.2, 0.25) is 0 Å². The molecule has 1 aliphatic heterocycles. The Labute approximate surface area is 238 Å². The maximum atomic E-state index is 13.9. The van der Waals surface area contributed by atoms with Crippen molar-refractivity contribution in [3.63, 3.8) is 0 Å². The molecule has 0 bridgehead atoms. The van der Waals surface area contributed by atoms with Crippen molar-refractivity contribution in [2.75, 3.05) is 20.8 Å². The number of ether oxygens (including phenoxy) is 3. The molecule has 5 rings (SSSR count). The highest BCUT2D eigenvalue weighted by atomic mass is 35.5. The average molecular weight is 579 g/mol. The molecule has 1 unspecified atom stereocenters. The van der Waals surface area contributed by atoms with Crippen molar-refractivity contribution < 1.29 is 23.4 Å². The SMILES string of the molecule is CCOC(=O)C1=C(c2ccccc2)N=c2s/c(=C/c3cc(Cl)c(OC)c(OC)c3)c(=O)n2C1c1ccc(F)cc1. The predicted octanol–water partition coefficient (Wildman–Crippen LogP) is 4.75. The summed E-state index contributed by atoms with van der Waals surface area (Å²) in [5.41, 5.74) is 2.02. The van der Waals surface area contributed by atoms with Crippen molar-refractivity contribution in [3.8, 4) is 11.5 Å². The quantitative estimate of drug-likeness (QED) is 0.296. The van der Waals surface area contributed by atoms with Gasteiger partial charge in [0.15, 0.2) is 16.3 Å².